The normalized spacial score (nSPS) is 14.4. The van der Waals surface area contributed by atoms with Crippen molar-refractivity contribution in [1.82, 2.24) is 0 Å². The highest BCUT2D eigenvalue weighted by Gasteiger charge is 2.31. The molecule has 0 radical (unpaired) electrons. The number of fused-ring (bicyclic) bond motifs is 1. The molecule has 0 fully saturated rings. The van der Waals surface area contributed by atoms with Gasteiger partial charge in [0.05, 0.1) is 12.2 Å². The average Bonchev–Trinajstić information content (AvgIpc) is 2.48. The highest BCUT2D eigenvalue weighted by atomic mass is 16.5. The number of benzene rings is 1. The first-order valence-corrected chi connectivity index (χ1v) is 3.85. The fraction of sp³-hybridized carbons (Fsp3) is 0.125. The van der Waals surface area contributed by atoms with Crippen molar-refractivity contribution in [1.29, 1.82) is 0 Å². The van der Waals surface area contributed by atoms with Gasteiger partial charge in [0.1, 0.15) is 0 Å². The molecule has 13 heavy (non-hydrogen) atoms. The smallest absolute Gasteiger partial charge is 0.478 e. The highest BCUT2D eigenvalue weighted by molar-refractivity contribution is 6.63. The van der Waals surface area contributed by atoms with Crippen LogP contribution >= 0.6 is 0 Å². The summed E-state index contributed by atoms with van der Waals surface area (Å²) in [5.74, 6) is -1.04. The van der Waals surface area contributed by atoms with E-state index in [1.807, 2.05) is 0 Å². The average molecular weight is 178 g/mol. The van der Waals surface area contributed by atoms with Crippen LogP contribution in [0.25, 0.3) is 0 Å². The molecule has 0 saturated carbocycles. The predicted molar refractivity (Wildman–Crippen MR) is 45.8 cm³/mol. The van der Waals surface area contributed by atoms with E-state index in [4.69, 9.17) is 9.76 Å². The van der Waals surface area contributed by atoms with E-state index in [9.17, 15) is 9.82 Å². The van der Waals surface area contributed by atoms with E-state index in [0.29, 0.717) is 5.46 Å². The van der Waals surface area contributed by atoms with Gasteiger partial charge in [-0.3, -0.25) is 0 Å². The summed E-state index contributed by atoms with van der Waals surface area (Å²) in [7, 11) is -1.10. The zero-order chi connectivity index (χ0) is 9.42. The van der Waals surface area contributed by atoms with Gasteiger partial charge in [0, 0.05) is 5.46 Å². The summed E-state index contributed by atoms with van der Waals surface area (Å²) in [6.07, 6.45) is 0. The second-order valence-electron chi connectivity index (χ2n) is 2.85. The molecule has 0 aliphatic carbocycles. The SMILES string of the molecule is O=C(O)c1cccc2c1B(O)OC2. The molecule has 66 valence electrons. The molecule has 0 unspecified atom stereocenters. The Morgan fingerprint density at radius 3 is 3.00 bits per heavy atom. The lowest BCUT2D eigenvalue weighted by Gasteiger charge is -2.02. The number of rotatable bonds is 1. The maximum atomic E-state index is 10.7. The van der Waals surface area contributed by atoms with Gasteiger partial charge in [-0.1, -0.05) is 12.1 Å². The van der Waals surface area contributed by atoms with Crippen molar-refractivity contribution >= 4 is 18.6 Å². The lowest BCUT2D eigenvalue weighted by atomic mass is 9.76. The van der Waals surface area contributed by atoms with Crippen molar-refractivity contribution in [2.24, 2.45) is 0 Å². The molecular formula is C8H7BO4. The standard InChI is InChI=1S/C8H7BO4/c10-8(11)6-3-1-2-5-4-13-9(12)7(5)6/h1-3,12H,4H2,(H,10,11). The molecule has 1 heterocycles. The van der Waals surface area contributed by atoms with Crippen LogP contribution < -0.4 is 5.46 Å². The predicted octanol–water partition coefficient (Wildman–Crippen LogP) is -0.398. The molecule has 5 heteroatoms. The minimum atomic E-state index is -1.10. The summed E-state index contributed by atoms with van der Waals surface area (Å²) in [6, 6.07) is 4.85. The molecule has 1 aromatic carbocycles. The zero-order valence-electron chi connectivity index (χ0n) is 6.73. The summed E-state index contributed by atoms with van der Waals surface area (Å²) in [6.45, 7) is 0.275. The number of carbonyl (C=O) groups is 1. The van der Waals surface area contributed by atoms with Crippen molar-refractivity contribution in [2.75, 3.05) is 0 Å². The summed E-state index contributed by atoms with van der Waals surface area (Å²) in [5.41, 5.74) is 1.24. The van der Waals surface area contributed by atoms with Crippen LogP contribution in [0.4, 0.5) is 0 Å². The van der Waals surface area contributed by atoms with Gasteiger partial charge in [0.15, 0.2) is 0 Å². The second kappa shape index (κ2) is 2.87. The molecule has 0 spiro atoms. The Balaban J connectivity index is 2.60. The van der Waals surface area contributed by atoms with E-state index in [1.165, 1.54) is 6.07 Å². The summed E-state index contributed by atoms with van der Waals surface area (Å²) >= 11 is 0. The van der Waals surface area contributed by atoms with Gasteiger partial charge in [-0.2, -0.15) is 0 Å². The Hall–Kier alpha value is -1.33. The van der Waals surface area contributed by atoms with Gasteiger partial charge >= 0.3 is 13.1 Å². The first-order chi connectivity index (χ1) is 6.20. The van der Waals surface area contributed by atoms with Crippen LogP contribution in [0.2, 0.25) is 0 Å². The van der Waals surface area contributed by atoms with Gasteiger partial charge in [-0.25, -0.2) is 4.79 Å². The van der Waals surface area contributed by atoms with Gasteiger partial charge in [-0.05, 0) is 11.6 Å². The Morgan fingerprint density at radius 1 is 1.54 bits per heavy atom. The first kappa shape index (κ1) is 8.28. The fourth-order valence-electron chi connectivity index (χ4n) is 1.47. The maximum Gasteiger partial charge on any atom is 0.492 e. The van der Waals surface area contributed by atoms with Crippen molar-refractivity contribution < 1.29 is 19.6 Å². The Morgan fingerprint density at radius 2 is 2.31 bits per heavy atom. The molecule has 0 bridgehead atoms. The lowest BCUT2D eigenvalue weighted by Crippen LogP contribution is -2.33. The van der Waals surface area contributed by atoms with Crippen molar-refractivity contribution in [3.63, 3.8) is 0 Å². The van der Waals surface area contributed by atoms with Crippen LogP contribution in [0.3, 0.4) is 0 Å². The minimum absolute atomic E-state index is 0.113. The molecule has 0 aromatic heterocycles. The fourth-order valence-corrected chi connectivity index (χ4v) is 1.47. The van der Waals surface area contributed by atoms with E-state index in [2.05, 4.69) is 0 Å². The first-order valence-electron chi connectivity index (χ1n) is 3.85. The summed E-state index contributed by atoms with van der Waals surface area (Å²) in [4.78, 5) is 10.7. The van der Waals surface area contributed by atoms with Crippen LogP contribution in [0.1, 0.15) is 15.9 Å². The van der Waals surface area contributed by atoms with E-state index >= 15 is 0 Å². The molecule has 0 saturated heterocycles. The largest absolute Gasteiger partial charge is 0.492 e. The molecule has 0 amide bonds. The molecule has 2 N–H and O–H groups in total. The van der Waals surface area contributed by atoms with Crippen LogP contribution in [0, 0.1) is 0 Å². The van der Waals surface area contributed by atoms with Crippen LogP contribution in [-0.2, 0) is 11.3 Å². The lowest BCUT2D eigenvalue weighted by molar-refractivity contribution is 0.0698. The topological polar surface area (TPSA) is 66.8 Å². The number of hydrogen-bond donors (Lipinski definition) is 2. The van der Waals surface area contributed by atoms with Gasteiger partial charge in [0.25, 0.3) is 0 Å². The van der Waals surface area contributed by atoms with E-state index in [-0.39, 0.29) is 12.2 Å². The van der Waals surface area contributed by atoms with Crippen LogP contribution in [-0.4, -0.2) is 23.2 Å². The Kier molecular flexibility index (Phi) is 1.83. The Labute approximate surface area is 74.9 Å². The monoisotopic (exact) mass is 178 g/mol. The quantitative estimate of drug-likeness (QED) is 0.574. The number of carboxylic acids is 1. The summed E-state index contributed by atoms with van der Waals surface area (Å²) in [5, 5.41) is 18.1. The van der Waals surface area contributed by atoms with E-state index in [1.54, 1.807) is 12.1 Å². The number of hydrogen-bond acceptors (Lipinski definition) is 3. The zero-order valence-corrected chi connectivity index (χ0v) is 6.73. The molecule has 4 nitrogen and oxygen atoms in total. The minimum Gasteiger partial charge on any atom is -0.478 e. The van der Waals surface area contributed by atoms with Crippen LogP contribution in [0.15, 0.2) is 18.2 Å². The third-order valence-electron chi connectivity index (χ3n) is 2.07. The molecule has 0 atom stereocenters. The highest BCUT2D eigenvalue weighted by Crippen LogP contribution is 2.12. The second-order valence-corrected chi connectivity index (χ2v) is 2.85. The third-order valence-corrected chi connectivity index (χ3v) is 2.07. The van der Waals surface area contributed by atoms with Gasteiger partial charge in [-0.15, -0.1) is 0 Å². The molecule has 2 rings (SSSR count). The van der Waals surface area contributed by atoms with E-state index < -0.39 is 13.1 Å². The third kappa shape index (κ3) is 1.22. The molecule has 1 aromatic rings. The van der Waals surface area contributed by atoms with Gasteiger partial charge < -0.3 is 14.8 Å². The number of carboxylic acid groups (broad SMARTS) is 1. The van der Waals surface area contributed by atoms with Crippen molar-refractivity contribution in [3.05, 3.63) is 29.3 Å². The van der Waals surface area contributed by atoms with Crippen molar-refractivity contribution in [2.45, 2.75) is 6.61 Å². The maximum absolute atomic E-state index is 10.7. The summed E-state index contributed by atoms with van der Waals surface area (Å²) < 4.78 is 4.91. The van der Waals surface area contributed by atoms with Crippen LogP contribution in [0.5, 0.6) is 0 Å². The Bertz CT molecular complexity index is 363. The number of aromatic carboxylic acids is 1. The van der Waals surface area contributed by atoms with E-state index in [0.717, 1.165) is 5.56 Å². The molecule has 1 aliphatic heterocycles. The molecular weight excluding hydrogens is 171 g/mol. The van der Waals surface area contributed by atoms with Crippen molar-refractivity contribution in [3.8, 4) is 0 Å². The molecule has 1 aliphatic rings. The van der Waals surface area contributed by atoms with Gasteiger partial charge in [0.2, 0.25) is 0 Å².